The quantitative estimate of drug-likeness (QED) is 0.753. The van der Waals surface area contributed by atoms with Crippen LogP contribution in [-0.4, -0.2) is 17.2 Å². The number of hydrogen-bond acceptors (Lipinski definition) is 2. The molecule has 82 valence electrons. The molecule has 0 spiro atoms. The Morgan fingerprint density at radius 2 is 1.60 bits per heavy atom. The fourth-order valence-corrected chi connectivity index (χ4v) is 1.57. The molecular formula is C7H4BCl2F3O2. The van der Waals surface area contributed by atoms with Gasteiger partial charge in [-0.15, -0.1) is 0 Å². The van der Waals surface area contributed by atoms with Gasteiger partial charge in [0.15, 0.2) is 0 Å². The minimum atomic E-state index is -4.66. The van der Waals surface area contributed by atoms with E-state index < -0.39 is 29.3 Å². The van der Waals surface area contributed by atoms with E-state index >= 15 is 0 Å². The Kier molecular flexibility index (Phi) is 3.55. The molecular weight excluding hydrogens is 255 g/mol. The van der Waals surface area contributed by atoms with Crippen molar-refractivity contribution in [2.75, 3.05) is 0 Å². The monoisotopic (exact) mass is 258 g/mol. The molecule has 0 saturated heterocycles. The maximum Gasteiger partial charge on any atom is 0.489 e. The Labute approximate surface area is 93.4 Å². The van der Waals surface area contributed by atoms with E-state index in [0.717, 1.165) is 6.07 Å². The van der Waals surface area contributed by atoms with Crippen molar-refractivity contribution < 1.29 is 23.2 Å². The van der Waals surface area contributed by atoms with Crippen LogP contribution in [0.2, 0.25) is 10.0 Å². The molecule has 0 amide bonds. The molecule has 0 fully saturated rings. The molecule has 0 radical (unpaired) electrons. The summed E-state index contributed by atoms with van der Waals surface area (Å²) in [5, 5.41) is 16.7. The smallest absolute Gasteiger partial charge is 0.423 e. The molecule has 0 saturated carbocycles. The van der Waals surface area contributed by atoms with Crippen LogP contribution in [0.3, 0.4) is 0 Å². The topological polar surface area (TPSA) is 40.5 Å². The second-order valence-electron chi connectivity index (χ2n) is 2.72. The highest BCUT2D eigenvalue weighted by molar-refractivity contribution is 6.63. The molecule has 0 bridgehead atoms. The molecule has 1 aromatic rings. The Morgan fingerprint density at radius 3 is 2.00 bits per heavy atom. The van der Waals surface area contributed by atoms with Gasteiger partial charge in [-0.05, 0) is 12.1 Å². The third-order valence-corrected chi connectivity index (χ3v) is 2.31. The van der Waals surface area contributed by atoms with Crippen molar-refractivity contribution in [2.24, 2.45) is 0 Å². The van der Waals surface area contributed by atoms with Crippen LogP contribution in [0.5, 0.6) is 0 Å². The minimum Gasteiger partial charge on any atom is -0.423 e. The second kappa shape index (κ2) is 4.21. The van der Waals surface area contributed by atoms with Gasteiger partial charge >= 0.3 is 13.3 Å². The van der Waals surface area contributed by atoms with Crippen molar-refractivity contribution >= 4 is 35.8 Å². The third-order valence-electron chi connectivity index (χ3n) is 1.67. The summed E-state index contributed by atoms with van der Waals surface area (Å²) in [5.74, 6) is 0. The number of alkyl halides is 3. The predicted octanol–water partition coefficient (Wildman–Crippen LogP) is 1.69. The highest BCUT2D eigenvalue weighted by Gasteiger charge is 2.35. The van der Waals surface area contributed by atoms with Crippen LogP contribution < -0.4 is 5.46 Å². The summed E-state index contributed by atoms with van der Waals surface area (Å²) in [6.45, 7) is 0. The van der Waals surface area contributed by atoms with E-state index in [0.29, 0.717) is 6.07 Å². The van der Waals surface area contributed by atoms with Gasteiger partial charge in [-0.1, -0.05) is 23.2 Å². The second-order valence-corrected chi connectivity index (χ2v) is 3.54. The number of benzene rings is 1. The van der Waals surface area contributed by atoms with Gasteiger partial charge in [0.1, 0.15) is 0 Å². The van der Waals surface area contributed by atoms with Crippen molar-refractivity contribution in [2.45, 2.75) is 6.18 Å². The standard InChI is InChI=1S/C7H4BCl2F3O2/c9-5-2-6(10)4(8(14)15)1-3(5)7(11,12)13/h1-2,14-15H. The van der Waals surface area contributed by atoms with E-state index in [-0.39, 0.29) is 5.02 Å². The van der Waals surface area contributed by atoms with E-state index in [2.05, 4.69) is 0 Å². The minimum absolute atomic E-state index is 0.233. The van der Waals surface area contributed by atoms with Gasteiger partial charge in [-0.25, -0.2) is 0 Å². The van der Waals surface area contributed by atoms with E-state index in [4.69, 9.17) is 33.2 Å². The van der Waals surface area contributed by atoms with Gasteiger partial charge in [-0.2, -0.15) is 13.2 Å². The first-order valence-electron chi connectivity index (χ1n) is 3.65. The zero-order chi connectivity index (χ0) is 11.8. The zero-order valence-electron chi connectivity index (χ0n) is 7.02. The average Bonchev–Trinajstić information content (AvgIpc) is 2.00. The summed E-state index contributed by atoms with van der Waals surface area (Å²) >= 11 is 10.8. The lowest BCUT2D eigenvalue weighted by Crippen LogP contribution is -2.32. The summed E-state index contributed by atoms with van der Waals surface area (Å²) in [6.07, 6.45) is -4.66. The van der Waals surface area contributed by atoms with Gasteiger partial charge < -0.3 is 10.0 Å². The van der Waals surface area contributed by atoms with Gasteiger partial charge in [-0.3, -0.25) is 0 Å². The molecule has 2 nitrogen and oxygen atoms in total. The molecule has 0 aliphatic carbocycles. The number of rotatable bonds is 1. The first kappa shape index (κ1) is 12.6. The van der Waals surface area contributed by atoms with Crippen LogP contribution in [0.25, 0.3) is 0 Å². The molecule has 0 aliphatic heterocycles. The maximum atomic E-state index is 12.3. The van der Waals surface area contributed by atoms with Crippen LogP contribution in [0.4, 0.5) is 13.2 Å². The molecule has 0 aromatic heterocycles. The van der Waals surface area contributed by atoms with Crippen molar-refractivity contribution in [3.8, 4) is 0 Å². The first-order chi connectivity index (χ1) is 6.73. The fraction of sp³-hybridized carbons (Fsp3) is 0.143. The Balaban J connectivity index is 3.37. The van der Waals surface area contributed by atoms with Gasteiger partial charge in [0.2, 0.25) is 0 Å². The van der Waals surface area contributed by atoms with Crippen LogP contribution in [-0.2, 0) is 6.18 Å². The normalized spacial score (nSPS) is 11.7. The molecule has 1 aromatic carbocycles. The van der Waals surface area contributed by atoms with Crippen LogP contribution in [0, 0.1) is 0 Å². The van der Waals surface area contributed by atoms with Crippen molar-refractivity contribution in [1.29, 1.82) is 0 Å². The molecule has 0 unspecified atom stereocenters. The number of hydrogen-bond donors (Lipinski definition) is 2. The molecule has 15 heavy (non-hydrogen) atoms. The Bertz CT molecular complexity index is 381. The van der Waals surface area contributed by atoms with Crippen molar-refractivity contribution in [3.05, 3.63) is 27.7 Å². The molecule has 0 atom stereocenters. The summed E-state index contributed by atoms with van der Waals surface area (Å²) < 4.78 is 37.0. The molecule has 1 rings (SSSR count). The van der Waals surface area contributed by atoms with E-state index in [1.165, 1.54) is 0 Å². The summed E-state index contributed by atoms with van der Waals surface area (Å²) in [4.78, 5) is 0. The largest absolute Gasteiger partial charge is 0.489 e. The highest BCUT2D eigenvalue weighted by atomic mass is 35.5. The van der Waals surface area contributed by atoms with Crippen LogP contribution >= 0.6 is 23.2 Å². The molecule has 0 heterocycles. The maximum absolute atomic E-state index is 12.3. The molecule has 8 heteroatoms. The first-order valence-corrected chi connectivity index (χ1v) is 4.41. The van der Waals surface area contributed by atoms with Gasteiger partial charge in [0, 0.05) is 10.5 Å². The van der Waals surface area contributed by atoms with Gasteiger partial charge in [0.05, 0.1) is 10.6 Å². The molecule has 0 aliphatic rings. The van der Waals surface area contributed by atoms with E-state index in [1.807, 2.05) is 0 Å². The van der Waals surface area contributed by atoms with E-state index in [9.17, 15) is 13.2 Å². The number of halogens is 5. The van der Waals surface area contributed by atoms with E-state index in [1.54, 1.807) is 0 Å². The fourth-order valence-electron chi connectivity index (χ4n) is 0.981. The Morgan fingerprint density at radius 1 is 1.07 bits per heavy atom. The van der Waals surface area contributed by atoms with Crippen molar-refractivity contribution in [3.63, 3.8) is 0 Å². The predicted molar refractivity (Wildman–Crippen MR) is 51.3 cm³/mol. The van der Waals surface area contributed by atoms with Crippen LogP contribution in [0.1, 0.15) is 5.56 Å². The summed E-state index contributed by atoms with van der Waals surface area (Å²) in [7, 11) is -2.07. The molecule has 2 N–H and O–H groups in total. The third kappa shape index (κ3) is 2.78. The van der Waals surface area contributed by atoms with Crippen molar-refractivity contribution in [1.82, 2.24) is 0 Å². The summed E-state index contributed by atoms with van der Waals surface area (Å²) in [5.41, 5.74) is -1.59. The average molecular weight is 259 g/mol. The summed E-state index contributed by atoms with van der Waals surface area (Å²) in [6, 6.07) is 1.33. The van der Waals surface area contributed by atoms with Crippen LogP contribution in [0.15, 0.2) is 12.1 Å². The highest BCUT2D eigenvalue weighted by Crippen LogP contribution is 2.35. The van der Waals surface area contributed by atoms with Gasteiger partial charge in [0.25, 0.3) is 0 Å². The zero-order valence-corrected chi connectivity index (χ0v) is 8.53. The Hall–Kier alpha value is -0.425. The lowest BCUT2D eigenvalue weighted by Gasteiger charge is -2.12. The SMILES string of the molecule is OB(O)c1cc(C(F)(F)F)c(Cl)cc1Cl. The lowest BCUT2D eigenvalue weighted by atomic mass is 9.79. The lowest BCUT2D eigenvalue weighted by molar-refractivity contribution is -0.137.